The van der Waals surface area contributed by atoms with Crippen LogP contribution in [0.1, 0.15) is 16.7 Å². The molecule has 0 saturated heterocycles. The minimum Gasteiger partial charge on any atom is -0.358 e. The minimum absolute atomic E-state index is 0. The standard InChI is InChI=1S/C21H17N2.C20H15N2.C7H5N4.Ir/c1-16-7-5-9-18(13-16)22-15-23(19-10-6-8-17(2)14-19)21-12-4-3-11-20(21)22;1-16-8-7-11-18(14-16)22-15-21(17-9-3-2-4-10-17)19-12-5-6-13-20(19)22;1-2-4-8-6(3-1)7-5-9-11-10-7;/h3-9,11-14H,1-2H3;2-9,11-14H,1H3;1-5H;/q3*-1;. The number of pyridine rings is 1. The Morgan fingerprint density at radius 2 is 1.12 bits per heavy atom. The van der Waals surface area contributed by atoms with Gasteiger partial charge in [0.05, 0.1) is 39.1 Å². The Hall–Kier alpha value is -6.80. The quantitative estimate of drug-likeness (QED) is 0.129. The van der Waals surface area contributed by atoms with Gasteiger partial charge in [0.15, 0.2) is 0 Å². The zero-order valence-electron chi connectivity index (χ0n) is 31.6. The first-order valence-electron chi connectivity index (χ1n) is 18.2. The van der Waals surface area contributed by atoms with E-state index in [2.05, 4.69) is 193 Å². The van der Waals surface area contributed by atoms with Gasteiger partial charge in [0.25, 0.3) is 12.7 Å². The zero-order chi connectivity index (χ0) is 38.3. The first-order valence-corrected chi connectivity index (χ1v) is 18.2. The molecule has 0 spiro atoms. The van der Waals surface area contributed by atoms with Crippen molar-refractivity contribution in [1.82, 2.24) is 29.5 Å². The summed E-state index contributed by atoms with van der Waals surface area (Å²) < 4.78 is 8.34. The first kappa shape index (κ1) is 38.5. The monoisotopic (exact) mass is 918 g/mol. The Bertz CT molecular complexity index is 2770. The van der Waals surface area contributed by atoms with Gasteiger partial charge in [0.1, 0.15) is 0 Å². The molecule has 0 aliphatic rings. The van der Waals surface area contributed by atoms with Crippen molar-refractivity contribution < 1.29 is 29.2 Å². The summed E-state index contributed by atoms with van der Waals surface area (Å²) in [6, 6.07) is 60.0. The van der Waals surface area contributed by atoms with Gasteiger partial charge in [-0.1, -0.05) is 103 Å². The molecule has 0 amide bonds. The summed E-state index contributed by atoms with van der Waals surface area (Å²) in [4.78, 5) is 4.08. The van der Waals surface area contributed by atoms with E-state index in [4.69, 9.17) is 0 Å². The van der Waals surface area contributed by atoms with Gasteiger partial charge in [-0.3, -0.25) is 19.3 Å². The van der Waals surface area contributed by atoms with Crippen molar-refractivity contribution in [3.05, 3.63) is 212 Å². The van der Waals surface area contributed by atoms with Crippen molar-refractivity contribution in [2.45, 2.75) is 20.8 Å². The SMILES string of the molecule is Cc1cc[c-]c(-n2[c-][n+](-c3cccc(C)c3)c3ccccc32)c1.Cc1cccc(-[n+]2[c-]n(-c3[c-]cccc3)c3ccccc32)c1.[Ir].c1ccc(-c2cnn[n-]2)nc1. The van der Waals surface area contributed by atoms with Crippen molar-refractivity contribution in [3.8, 4) is 34.1 Å². The number of aryl methyl sites for hydroxylation is 3. The molecular weight excluding hydrogens is 881 g/mol. The van der Waals surface area contributed by atoms with Crippen LogP contribution >= 0.6 is 0 Å². The number of benzene rings is 6. The maximum Gasteiger partial charge on any atom is 0.268 e. The molecule has 281 valence electrons. The second kappa shape index (κ2) is 17.8. The van der Waals surface area contributed by atoms with Crippen LogP contribution in [0.25, 0.3) is 56.2 Å². The fraction of sp³-hybridized carbons (Fsp3) is 0.0625. The Morgan fingerprint density at radius 3 is 1.67 bits per heavy atom. The van der Waals surface area contributed by atoms with Crippen LogP contribution in [0.5, 0.6) is 0 Å². The van der Waals surface area contributed by atoms with Crippen LogP contribution in [0.2, 0.25) is 0 Å². The van der Waals surface area contributed by atoms with Gasteiger partial charge in [0, 0.05) is 26.3 Å². The van der Waals surface area contributed by atoms with Crippen molar-refractivity contribution in [2.24, 2.45) is 0 Å². The number of nitrogens with zero attached hydrogens (tertiary/aromatic N) is 8. The molecule has 0 aliphatic carbocycles. The molecule has 10 aromatic rings. The molecule has 6 aromatic carbocycles. The van der Waals surface area contributed by atoms with Gasteiger partial charge in [-0.15, -0.1) is 0 Å². The van der Waals surface area contributed by atoms with E-state index < -0.39 is 0 Å². The molecule has 0 saturated carbocycles. The largest absolute Gasteiger partial charge is 0.358 e. The third-order valence-electron chi connectivity index (χ3n) is 9.07. The van der Waals surface area contributed by atoms with E-state index in [-0.39, 0.29) is 20.1 Å². The number of hydrogen-bond acceptors (Lipinski definition) is 3. The number of imidazole rings is 2. The van der Waals surface area contributed by atoms with Crippen molar-refractivity contribution in [2.75, 3.05) is 0 Å². The van der Waals surface area contributed by atoms with Crippen LogP contribution in [-0.4, -0.2) is 24.4 Å². The fourth-order valence-electron chi connectivity index (χ4n) is 6.42. The van der Waals surface area contributed by atoms with E-state index in [1.165, 1.54) is 16.7 Å². The van der Waals surface area contributed by atoms with Gasteiger partial charge in [0.2, 0.25) is 0 Å². The number of fused-ring (bicyclic) bond motifs is 2. The molecule has 4 aromatic heterocycles. The smallest absolute Gasteiger partial charge is 0.268 e. The van der Waals surface area contributed by atoms with Crippen LogP contribution in [-0.2, 0) is 20.1 Å². The molecule has 0 N–H and O–H groups in total. The number of aromatic nitrogens is 8. The van der Waals surface area contributed by atoms with E-state index in [0.29, 0.717) is 5.69 Å². The van der Waals surface area contributed by atoms with Crippen molar-refractivity contribution >= 4 is 22.1 Å². The predicted molar refractivity (Wildman–Crippen MR) is 218 cm³/mol. The topological polar surface area (TPSA) is 70.4 Å². The molecule has 4 heterocycles. The van der Waals surface area contributed by atoms with E-state index in [9.17, 15) is 0 Å². The summed E-state index contributed by atoms with van der Waals surface area (Å²) >= 11 is 0. The van der Waals surface area contributed by atoms with Gasteiger partial charge in [-0.25, -0.2) is 0 Å². The van der Waals surface area contributed by atoms with Crippen LogP contribution in [0.15, 0.2) is 170 Å². The second-order valence-corrected chi connectivity index (χ2v) is 13.2. The number of rotatable bonds is 5. The average Bonchev–Trinajstić information content (AvgIpc) is 4.01. The molecule has 0 atom stereocenters. The van der Waals surface area contributed by atoms with E-state index in [1.807, 2.05) is 48.5 Å². The zero-order valence-corrected chi connectivity index (χ0v) is 34.0. The van der Waals surface area contributed by atoms with E-state index >= 15 is 0 Å². The first-order chi connectivity index (χ1) is 27.5. The maximum atomic E-state index is 4.08. The summed E-state index contributed by atoms with van der Waals surface area (Å²) in [6.07, 6.45) is 10.2. The summed E-state index contributed by atoms with van der Waals surface area (Å²) in [6.45, 7) is 6.31. The van der Waals surface area contributed by atoms with Crippen LogP contribution in [0.4, 0.5) is 0 Å². The summed E-state index contributed by atoms with van der Waals surface area (Å²) in [7, 11) is 0. The molecule has 0 aliphatic heterocycles. The van der Waals surface area contributed by atoms with Crippen molar-refractivity contribution in [1.29, 1.82) is 0 Å². The van der Waals surface area contributed by atoms with E-state index in [1.54, 1.807) is 12.4 Å². The molecule has 0 bridgehead atoms. The Morgan fingerprint density at radius 1 is 0.544 bits per heavy atom. The fourth-order valence-corrected chi connectivity index (χ4v) is 6.42. The second-order valence-electron chi connectivity index (χ2n) is 13.2. The summed E-state index contributed by atoms with van der Waals surface area (Å²) in [5, 5.41) is 10.8. The molecule has 0 fully saturated rings. The maximum absolute atomic E-state index is 4.08. The molecule has 8 nitrogen and oxygen atoms in total. The molecule has 57 heavy (non-hydrogen) atoms. The van der Waals surface area contributed by atoms with Crippen molar-refractivity contribution in [3.63, 3.8) is 0 Å². The average molecular weight is 918 g/mol. The van der Waals surface area contributed by atoms with E-state index in [0.717, 1.165) is 50.5 Å². The number of para-hydroxylation sites is 5. The third kappa shape index (κ3) is 8.71. The van der Waals surface area contributed by atoms with Gasteiger partial charge in [-0.05, 0) is 67.3 Å². The number of hydrogen-bond donors (Lipinski definition) is 0. The van der Waals surface area contributed by atoms with Crippen LogP contribution in [0.3, 0.4) is 0 Å². The predicted octanol–water partition coefficient (Wildman–Crippen LogP) is 8.43. The van der Waals surface area contributed by atoms with Gasteiger partial charge in [-0.2, -0.15) is 60.2 Å². The summed E-state index contributed by atoms with van der Waals surface area (Å²) in [5.74, 6) is 0. The molecule has 1 radical (unpaired) electrons. The Labute approximate surface area is 345 Å². The van der Waals surface area contributed by atoms with Crippen LogP contribution in [0, 0.1) is 45.6 Å². The molecule has 0 unspecified atom stereocenters. The Kier molecular flexibility index (Phi) is 12.0. The Balaban J connectivity index is 0.000000137. The normalized spacial score (nSPS) is 10.6. The van der Waals surface area contributed by atoms with Crippen LogP contribution < -0.4 is 14.2 Å². The molecule has 9 heteroatoms. The van der Waals surface area contributed by atoms with Gasteiger partial charge >= 0.3 is 0 Å². The third-order valence-corrected chi connectivity index (χ3v) is 9.07. The minimum atomic E-state index is 0. The molecule has 10 rings (SSSR count). The van der Waals surface area contributed by atoms with Gasteiger partial charge < -0.3 is 19.3 Å². The summed E-state index contributed by atoms with van der Waals surface area (Å²) in [5.41, 5.74) is 13.9. The molecular formula is C48H37IrN8-3.